The van der Waals surface area contributed by atoms with Gasteiger partial charge in [-0.25, -0.2) is 4.98 Å². The number of likely N-dealkylation sites (tertiary alicyclic amines) is 2. The number of nitrogens with zero attached hydrogens (tertiary/aromatic N) is 3. The average molecular weight is 288 g/mol. The van der Waals surface area contributed by atoms with Crippen molar-refractivity contribution in [3.8, 4) is 0 Å². The van der Waals surface area contributed by atoms with Crippen molar-refractivity contribution in [2.24, 2.45) is 0 Å². The van der Waals surface area contributed by atoms with Crippen molar-refractivity contribution in [3.05, 3.63) is 23.9 Å². The van der Waals surface area contributed by atoms with Crippen molar-refractivity contribution in [2.75, 3.05) is 31.9 Å². The lowest BCUT2D eigenvalue weighted by atomic mass is 9.99. The summed E-state index contributed by atoms with van der Waals surface area (Å²) in [6.45, 7) is 4.12. The predicted octanol–water partition coefficient (Wildman–Crippen LogP) is 1.75. The second-order valence-corrected chi connectivity index (χ2v) is 6.07. The molecule has 2 fully saturated rings. The zero-order chi connectivity index (χ0) is 14.7. The first-order chi connectivity index (χ1) is 10.2. The highest BCUT2D eigenvalue weighted by Crippen LogP contribution is 2.21. The molecular weight excluding hydrogens is 264 g/mol. The monoisotopic (exact) mass is 288 g/mol. The normalized spacial score (nSPS) is 21.4. The number of hydrogen-bond donors (Lipinski definition) is 1. The number of nitrogen functional groups attached to an aromatic ring is 1. The Balaban J connectivity index is 1.56. The molecule has 5 heteroatoms. The van der Waals surface area contributed by atoms with Crippen LogP contribution in [0.1, 0.15) is 42.6 Å². The van der Waals surface area contributed by atoms with E-state index in [1.54, 1.807) is 18.2 Å². The fraction of sp³-hybridized carbons (Fsp3) is 0.625. The van der Waals surface area contributed by atoms with Gasteiger partial charge in [-0.05, 0) is 50.9 Å². The minimum absolute atomic E-state index is 0.0133. The first-order valence-corrected chi connectivity index (χ1v) is 8.00. The van der Waals surface area contributed by atoms with E-state index >= 15 is 0 Å². The molecule has 0 radical (unpaired) electrons. The Hall–Kier alpha value is -1.62. The molecule has 3 rings (SSSR count). The fourth-order valence-electron chi connectivity index (χ4n) is 3.45. The second kappa shape index (κ2) is 6.43. The molecule has 21 heavy (non-hydrogen) atoms. The van der Waals surface area contributed by atoms with E-state index in [0.717, 1.165) is 25.9 Å². The fourth-order valence-corrected chi connectivity index (χ4v) is 3.45. The Bertz CT molecular complexity index is 491. The highest BCUT2D eigenvalue weighted by Gasteiger charge is 2.28. The molecule has 2 N–H and O–H groups in total. The molecule has 0 saturated carbocycles. The van der Waals surface area contributed by atoms with Gasteiger partial charge in [0.2, 0.25) is 0 Å². The summed E-state index contributed by atoms with van der Waals surface area (Å²) in [5.74, 6) is 0.420. The van der Waals surface area contributed by atoms with E-state index in [1.165, 1.54) is 32.4 Å². The van der Waals surface area contributed by atoms with E-state index in [-0.39, 0.29) is 5.91 Å². The summed E-state index contributed by atoms with van der Waals surface area (Å²) in [6, 6.07) is 5.90. The van der Waals surface area contributed by atoms with Crippen molar-refractivity contribution in [2.45, 2.75) is 38.1 Å². The number of pyridine rings is 1. The number of carbonyl (C=O) groups excluding carboxylic acids is 1. The quantitative estimate of drug-likeness (QED) is 0.900. The van der Waals surface area contributed by atoms with E-state index in [0.29, 0.717) is 17.6 Å². The van der Waals surface area contributed by atoms with Crippen LogP contribution in [0.25, 0.3) is 0 Å². The van der Waals surface area contributed by atoms with Crippen LogP contribution in [0, 0.1) is 0 Å². The number of hydrogen-bond acceptors (Lipinski definition) is 4. The van der Waals surface area contributed by atoms with Gasteiger partial charge in [0.25, 0.3) is 5.91 Å². The molecule has 2 saturated heterocycles. The molecule has 1 aromatic rings. The van der Waals surface area contributed by atoms with Crippen molar-refractivity contribution in [3.63, 3.8) is 0 Å². The lowest BCUT2D eigenvalue weighted by Gasteiger charge is -2.40. The van der Waals surface area contributed by atoms with Crippen LogP contribution in [0.15, 0.2) is 18.2 Å². The smallest absolute Gasteiger partial charge is 0.272 e. The number of nitrogens with two attached hydrogens (primary N) is 1. The van der Waals surface area contributed by atoms with E-state index in [9.17, 15) is 4.79 Å². The van der Waals surface area contributed by atoms with Gasteiger partial charge in [0.05, 0.1) is 0 Å². The first-order valence-electron chi connectivity index (χ1n) is 8.00. The third-order valence-electron chi connectivity index (χ3n) is 4.65. The Kier molecular flexibility index (Phi) is 4.39. The van der Waals surface area contributed by atoms with Gasteiger partial charge in [-0.1, -0.05) is 12.5 Å². The highest BCUT2D eigenvalue weighted by molar-refractivity contribution is 5.92. The summed E-state index contributed by atoms with van der Waals surface area (Å²) in [5, 5.41) is 0. The lowest BCUT2D eigenvalue weighted by molar-refractivity contribution is 0.0585. The molecule has 0 aromatic carbocycles. The van der Waals surface area contributed by atoms with E-state index < -0.39 is 0 Å². The van der Waals surface area contributed by atoms with Crippen LogP contribution >= 0.6 is 0 Å². The highest BCUT2D eigenvalue weighted by atomic mass is 16.2. The zero-order valence-corrected chi connectivity index (χ0v) is 12.5. The van der Waals surface area contributed by atoms with Crippen molar-refractivity contribution < 1.29 is 4.79 Å². The number of rotatable bonds is 2. The number of aromatic nitrogens is 1. The molecular formula is C16H24N4O. The minimum Gasteiger partial charge on any atom is -0.384 e. The molecule has 5 nitrogen and oxygen atoms in total. The summed E-state index contributed by atoms with van der Waals surface area (Å²) in [4.78, 5) is 21.1. The molecule has 1 amide bonds. The molecule has 2 aliphatic rings. The van der Waals surface area contributed by atoms with Crippen LogP contribution in [0.5, 0.6) is 0 Å². The Morgan fingerprint density at radius 1 is 1.10 bits per heavy atom. The van der Waals surface area contributed by atoms with Gasteiger partial charge in [0.1, 0.15) is 11.5 Å². The largest absolute Gasteiger partial charge is 0.384 e. The van der Waals surface area contributed by atoms with Gasteiger partial charge in [0, 0.05) is 19.1 Å². The van der Waals surface area contributed by atoms with Crippen molar-refractivity contribution >= 4 is 11.7 Å². The van der Waals surface area contributed by atoms with Crippen LogP contribution in [-0.4, -0.2) is 52.9 Å². The Morgan fingerprint density at radius 3 is 2.48 bits per heavy atom. The topological polar surface area (TPSA) is 62.5 Å². The standard InChI is InChI=1S/C16H24N4O/c17-15-6-4-5-14(18-15)16(21)20-11-7-13(8-12-20)19-9-2-1-3-10-19/h4-6,13H,1-3,7-12H2,(H2,17,18). The second-order valence-electron chi connectivity index (χ2n) is 6.07. The third kappa shape index (κ3) is 3.35. The van der Waals surface area contributed by atoms with Crippen LogP contribution in [0.3, 0.4) is 0 Å². The summed E-state index contributed by atoms with van der Waals surface area (Å²) in [6.07, 6.45) is 6.18. The van der Waals surface area contributed by atoms with E-state index in [4.69, 9.17) is 5.73 Å². The number of carbonyl (C=O) groups is 1. The minimum atomic E-state index is 0.0133. The maximum Gasteiger partial charge on any atom is 0.272 e. The van der Waals surface area contributed by atoms with Crippen molar-refractivity contribution in [1.82, 2.24) is 14.8 Å². The predicted molar refractivity (Wildman–Crippen MR) is 83.0 cm³/mol. The lowest BCUT2D eigenvalue weighted by Crippen LogP contribution is -2.48. The molecule has 0 unspecified atom stereocenters. The van der Waals surface area contributed by atoms with Gasteiger partial charge in [-0.2, -0.15) is 0 Å². The SMILES string of the molecule is Nc1cccc(C(=O)N2CCC(N3CCCCC3)CC2)n1. The van der Waals surface area contributed by atoms with Gasteiger partial charge in [-0.15, -0.1) is 0 Å². The molecule has 1 aromatic heterocycles. The number of piperidine rings is 2. The van der Waals surface area contributed by atoms with Gasteiger partial charge >= 0.3 is 0 Å². The molecule has 0 aliphatic carbocycles. The van der Waals surface area contributed by atoms with E-state index in [1.807, 2.05) is 4.90 Å². The van der Waals surface area contributed by atoms with Crippen molar-refractivity contribution in [1.29, 1.82) is 0 Å². The molecule has 0 bridgehead atoms. The summed E-state index contributed by atoms with van der Waals surface area (Å²) in [7, 11) is 0. The van der Waals surface area contributed by atoms with Crippen LogP contribution in [0.4, 0.5) is 5.82 Å². The maximum atomic E-state index is 12.4. The van der Waals surface area contributed by atoms with Crippen LogP contribution in [-0.2, 0) is 0 Å². The molecule has 0 spiro atoms. The first kappa shape index (κ1) is 14.3. The molecule has 3 heterocycles. The molecule has 114 valence electrons. The van der Waals surface area contributed by atoms with E-state index in [2.05, 4.69) is 9.88 Å². The maximum absolute atomic E-state index is 12.4. The zero-order valence-electron chi connectivity index (χ0n) is 12.5. The van der Waals surface area contributed by atoms with Gasteiger partial charge < -0.3 is 15.5 Å². The molecule has 2 aliphatic heterocycles. The number of amides is 1. The average Bonchev–Trinajstić information content (AvgIpc) is 2.55. The summed E-state index contributed by atoms with van der Waals surface area (Å²) in [5.41, 5.74) is 6.12. The summed E-state index contributed by atoms with van der Waals surface area (Å²) < 4.78 is 0. The van der Waals surface area contributed by atoms with Gasteiger partial charge in [-0.3, -0.25) is 4.79 Å². The Labute approximate surface area is 126 Å². The van der Waals surface area contributed by atoms with Crippen LogP contribution < -0.4 is 5.73 Å². The third-order valence-corrected chi connectivity index (χ3v) is 4.65. The Morgan fingerprint density at radius 2 is 1.81 bits per heavy atom. The summed E-state index contributed by atoms with van der Waals surface area (Å²) >= 11 is 0. The van der Waals surface area contributed by atoms with Gasteiger partial charge in [0.15, 0.2) is 0 Å². The molecule has 0 atom stereocenters. The van der Waals surface area contributed by atoms with Crippen LogP contribution in [0.2, 0.25) is 0 Å². The number of anilines is 1.